The third-order valence-electron chi connectivity index (χ3n) is 5.58. The fourth-order valence-corrected chi connectivity index (χ4v) is 3.93. The van der Waals surface area contributed by atoms with E-state index in [4.69, 9.17) is 4.99 Å². The van der Waals surface area contributed by atoms with Crippen LogP contribution >= 0.6 is 0 Å². The number of fused-ring (bicyclic) bond motifs is 1. The second-order valence-electron chi connectivity index (χ2n) is 7.88. The summed E-state index contributed by atoms with van der Waals surface area (Å²) in [5.41, 5.74) is 2.02. The summed E-state index contributed by atoms with van der Waals surface area (Å²) in [6, 6.07) is 13.1. The molecule has 1 fully saturated rings. The van der Waals surface area contributed by atoms with Crippen molar-refractivity contribution in [3.8, 4) is 0 Å². The first-order chi connectivity index (χ1) is 15.2. The van der Waals surface area contributed by atoms with E-state index in [2.05, 4.69) is 32.7 Å². The number of hydrogen-bond acceptors (Lipinski definition) is 4. The van der Waals surface area contributed by atoms with E-state index in [1.807, 2.05) is 40.9 Å². The third kappa shape index (κ3) is 5.79. The summed E-state index contributed by atoms with van der Waals surface area (Å²) in [6.07, 6.45) is 4.83. The highest BCUT2D eigenvalue weighted by Gasteiger charge is 2.20. The molecule has 4 rings (SSSR count). The molecule has 2 aromatic heterocycles. The van der Waals surface area contributed by atoms with Crippen molar-refractivity contribution < 1.29 is 4.39 Å². The summed E-state index contributed by atoms with van der Waals surface area (Å²) in [4.78, 5) is 7.17. The van der Waals surface area contributed by atoms with E-state index in [1.165, 1.54) is 12.1 Å². The molecule has 0 radical (unpaired) electrons. The molecule has 1 aliphatic heterocycles. The maximum atomic E-state index is 13.1. The van der Waals surface area contributed by atoms with E-state index in [9.17, 15) is 4.39 Å². The number of benzene rings is 1. The van der Waals surface area contributed by atoms with Gasteiger partial charge in [-0.1, -0.05) is 18.2 Å². The van der Waals surface area contributed by atoms with Crippen molar-refractivity contribution in [2.75, 3.05) is 26.2 Å². The second kappa shape index (κ2) is 10.3. The van der Waals surface area contributed by atoms with Crippen LogP contribution in [0.15, 0.2) is 53.7 Å². The highest BCUT2D eigenvalue weighted by molar-refractivity contribution is 5.80. The van der Waals surface area contributed by atoms with Crippen LogP contribution in [0.1, 0.15) is 31.2 Å². The van der Waals surface area contributed by atoms with Gasteiger partial charge < -0.3 is 10.6 Å². The zero-order valence-electron chi connectivity index (χ0n) is 18.0. The standard InChI is InChI=1S/C23H30FN7/c1-2-25-23(26-13-10-22-29-28-21-5-3-4-14-31(21)22)27-20-11-15-30(16-12-20)17-18-6-8-19(24)9-7-18/h3-9,14,20H,2,10-13,15-17H2,1H3,(H2,25,26,27). The van der Waals surface area contributed by atoms with Gasteiger partial charge in [0.1, 0.15) is 11.6 Å². The van der Waals surface area contributed by atoms with Gasteiger partial charge in [0.25, 0.3) is 0 Å². The molecule has 1 aliphatic rings. The summed E-state index contributed by atoms with van der Waals surface area (Å²) >= 11 is 0. The maximum Gasteiger partial charge on any atom is 0.191 e. The second-order valence-corrected chi connectivity index (χ2v) is 7.88. The minimum absolute atomic E-state index is 0.181. The Balaban J connectivity index is 1.26. The van der Waals surface area contributed by atoms with Crippen LogP contribution in [-0.2, 0) is 13.0 Å². The lowest BCUT2D eigenvalue weighted by molar-refractivity contribution is 0.198. The van der Waals surface area contributed by atoms with Crippen LogP contribution < -0.4 is 10.6 Å². The molecule has 1 aromatic carbocycles. The molecule has 8 heteroatoms. The Morgan fingerprint density at radius 3 is 2.71 bits per heavy atom. The summed E-state index contributed by atoms with van der Waals surface area (Å²) in [6.45, 7) is 6.44. The minimum Gasteiger partial charge on any atom is -0.357 e. The molecule has 7 nitrogen and oxygen atoms in total. The van der Waals surface area contributed by atoms with E-state index in [1.54, 1.807) is 0 Å². The first kappa shape index (κ1) is 21.2. The van der Waals surface area contributed by atoms with Crippen molar-refractivity contribution in [3.05, 3.63) is 65.9 Å². The molecule has 0 spiro atoms. The number of hydrogen-bond donors (Lipinski definition) is 2. The topological polar surface area (TPSA) is 69.8 Å². The molecule has 1 saturated heterocycles. The van der Waals surface area contributed by atoms with Crippen LogP contribution in [0.2, 0.25) is 0 Å². The Bertz CT molecular complexity index is 991. The monoisotopic (exact) mass is 423 g/mol. The SMILES string of the molecule is CCNC(=NCCc1nnc2ccccn12)NC1CCN(Cc2ccc(F)cc2)CC1. The molecule has 0 bridgehead atoms. The molecule has 0 amide bonds. The Labute approximate surface area is 182 Å². The molecule has 0 atom stereocenters. The van der Waals surface area contributed by atoms with Gasteiger partial charge in [0.15, 0.2) is 11.6 Å². The third-order valence-corrected chi connectivity index (χ3v) is 5.58. The number of guanidine groups is 1. The minimum atomic E-state index is -0.181. The lowest BCUT2D eigenvalue weighted by atomic mass is 10.0. The highest BCUT2D eigenvalue weighted by Crippen LogP contribution is 2.14. The maximum absolute atomic E-state index is 13.1. The smallest absolute Gasteiger partial charge is 0.191 e. The van der Waals surface area contributed by atoms with Gasteiger partial charge in [0.05, 0.1) is 0 Å². The highest BCUT2D eigenvalue weighted by atomic mass is 19.1. The molecule has 3 heterocycles. The van der Waals surface area contributed by atoms with Crippen molar-refractivity contribution in [2.45, 2.75) is 38.8 Å². The summed E-state index contributed by atoms with van der Waals surface area (Å²) in [5.74, 6) is 1.59. The summed E-state index contributed by atoms with van der Waals surface area (Å²) in [5, 5.41) is 15.4. The number of nitrogens with one attached hydrogen (secondary N) is 2. The molecule has 164 valence electrons. The molecule has 3 aromatic rings. The van der Waals surface area contributed by atoms with Gasteiger partial charge >= 0.3 is 0 Å². The van der Waals surface area contributed by atoms with Gasteiger partial charge in [-0.25, -0.2) is 4.39 Å². The van der Waals surface area contributed by atoms with Crippen LogP contribution in [0, 0.1) is 5.82 Å². The Morgan fingerprint density at radius 1 is 1.13 bits per heavy atom. The largest absolute Gasteiger partial charge is 0.357 e. The van der Waals surface area contributed by atoms with Crippen molar-refractivity contribution in [2.24, 2.45) is 4.99 Å². The van der Waals surface area contributed by atoms with Gasteiger partial charge in [-0.3, -0.25) is 14.3 Å². The van der Waals surface area contributed by atoms with Crippen molar-refractivity contribution in [1.29, 1.82) is 0 Å². The van der Waals surface area contributed by atoms with E-state index >= 15 is 0 Å². The predicted molar refractivity (Wildman–Crippen MR) is 121 cm³/mol. The number of likely N-dealkylation sites (tertiary alicyclic amines) is 1. The Kier molecular flexibility index (Phi) is 7.09. The van der Waals surface area contributed by atoms with E-state index in [-0.39, 0.29) is 5.82 Å². The number of rotatable bonds is 7. The van der Waals surface area contributed by atoms with Crippen LogP contribution in [0.5, 0.6) is 0 Å². The van der Waals surface area contributed by atoms with E-state index in [0.717, 1.165) is 68.4 Å². The molecule has 31 heavy (non-hydrogen) atoms. The summed E-state index contributed by atoms with van der Waals surface area (Å²) < 4.78 is 15.1. The molecular formula is C23H30FN7. The number of aliphatic imine (C=N–C) groups is 1. The Morgan fingerprint density at radius 2 is 1.94 bits per heavy atom. The van der Waals surface area contributed by atoms with Crippen molar-refractivity contribution in [1.82, 2.24) is 30.1 Å². The van der Waals surface area contributed by atoms with Crippen LogP contribution in [0.4, 0.5) is 4.39 Å². The van der Waals surface area contributed by atoms with Crippen LogP contribution in [0.3, 0.4) is 0 Å². The van der Waals surface area contributed by atoms with Gasteiger partial charge in [0, 0.05) is 51.4 Å². The number of piperidine rings is 1. The zero-order chi connectivity index (χ0) is 21.5. The van der Waals surface area contributed by atoms with Gasteiger partial charge in [-0.15, -0.1) is 10.2 Å². The van der Waals surface area contributed by atoms with E-state index < -0.39 is 0 Å². The van der Waals surface area contributed by atoms with Gasteiger partial charge in [0.2, 0.25) is 0 Å². The molecule has 0 saturated carbocycles. The van der Waals surface area contributed by atoms with Gasteiger partial charge in [-0.2, -0.15) is 0 Å². The average molecular weight is 424 g/mol. The molecule has 2 N–H and O–H groups in total. The molecule has 0 aliphatic carbocycles. The fraction of sp³-hybridized carbons (Fsp3) is 0.435. The Hall–Kier alpha value is -3.00. The van der Waals surface area contributed by atoms with Gasteiger partial charge in [-0.05, 0) is 49.6 Å². The first-order valence-electron chi connectivity index (χ1n) is 11.0. The lowest BCUT2D eigenvalue weighted by Gasteiger charge is -2.33. The fourth-order valence-electron chi connectivity index (χ4n) is 3.93. The average Bonchev–Trinajstić information content (AvgIpc) is 3.20. The van der Waals surface area contributed by atoms with Crippen LogP contribution in [0.25, 0.3) is 5.65 Å². The normalized spacial score (nSPS) is 16.0. The first-order valence-corrected chi connectivity index (χ1v) is 11.0. The van der Waals surface area contributed by atoms with Crippen molar-refractivity contribution in [3.63, 3.8) is 0 Å². The quantitative estimate of drug-likeness (QED) is 0.452. The zero-order valence-corrected chi connectivity index (χ0v) is 18.0. The van der Waals surface area contributed by atoms with Crippen LogP contribution in [-0.4, -0.2) is 57.7 Å². The number of halogens is 1. The number of aromatic nitrogens is 3. The number of pyridine rings is 1. The molecule has 0 unspecified atom stereocenters. The van der Waals surface area contributed by atoms with E-state index in [0.29, 0.717) is 12.6 Å². The predicted octanol–water partition coefficient (Wildman–Crippen LogP) is 2.63. The van der Waals surface area contributed by atoms with Crippen molar-refractivity contribution >= 4 is 11.6 Å². The number of nitrogens with zero attached hydrogens (tertiary/aromatic N) is 5. The summed E-state index contributed by atoms with van der Waals surface area (Å²) in [7, 11) is 0. The lowest BCUT2D eigenvalue weighted by Crippen LogP contribution is -2.48. The molecular weight excluding hydrogens is 393 g/mol.